The number of carbonyl (C=O) groups is 1. The van der Waals surface area contributed by atoms with Gasteiger partial charge in [0.25, 0.3) is 0 Å². The molecule has 1 N–H and O–H groups in total. The highest BCUT2D eigenvalue weighted by Crippen LogP contribution is 2.41. The molecule has 1 amide bonds. The van der Waals surface area contributed by atoms with Gasteiger partial charge >= 0.3 is 6.18 Å². The molecule has 1 aliphatic rings. The minimum absolute atomic E-state index is 0.176. The first-order valence-corrected chi connectivity index (χ1v) is 8.99. The van der Waals surface area contributed by atoms with Gasteiger partial charge in [-0.2, -0.15) is 13.2 Å². The predicted molar refractivity (Wildman–Crippen MR) is 92.7 cm³/mol. The number of hydrogen-bond acceptors (Lipinski definition) is 2. The van der Waals surface area contributed by atoms with E-state index in [0.717, 1.165) is 36.2 Å². The van der Waals surface area contributed by atoms with Gasteiger partial charge in [-0.25, -0.2) is 0 Å². The fraction of sp³-hybridized carbons (Fsp3) is 0.278. The molecule has 1 saturated carbocycles. The van der Waals surface area contributed by atoms with E-state index in [1.54, 1.807) is 24.3 Å². The summed E-state index contributed by atoms with van der Waals surface area (Å²) in [7, 11) is 0. The van der Waals surface area contributed by atoms with E-state index in [1.807, 2.05) is 6.07 Å². The molecule has 7 heteroatoms. The van der Waals surface area contributed by atoms with Crippen molar-refractivity contribution in [1.82, 2.24) is 5.32 Å². The summed E-state index contributed by atoms with van der Waals surface area (Å²) in [5.74, 6) is -0.192. The minimum atomic E-state index is -4.54. The Morgan fingerprint density at radius 1 is 1.16 bits per heavy atom. The fourth-order valence-electron chi connectivity index (χ4n) is 2.34. The van der Waals surface area contributed by atoms with Gasteiger partial charge in [0, 0.05) is 10.9 Å². The quantitative estimate of drug-likeness (QED) is 0.691. The van der Waals surface area contributed by atoms with Crippen LogP contribution in [0.2, 0.25) is 5.02 Å². The molecule has 0 bridgehead atoms. The van der Waals surface area contributed by atoms with Gasteiger partial charge in [-0.05, 0) is 36.6 Å². The number of halogens is 4. The third-order valence-corrected chi connectivity index (χ3v) is 5.34. The molecule has 3 rings (SSSR count). The highest BCUT2D eigenvalue weighted by Gasteiger charge is 2.34. The zero-order valence-electron chi connectivity index (χ0n) is 13.0. The number of alkyl halides is 3. The molecule has 0 aromatic heterocycles. The van der Waals surface area contributed by atoms with Crippen molar-refractivity contribution in [2.24, 2.45) is 0 Å². The Morgan fingerprint density at radius 2 is 1.84 bits per heavy atom. The summed E-state index contributed by atoms with van der Waals surface area (Å²) in [6, 6.07) is 12.9. The maximum absolute atomic E-state index is 13.1. The number of thioether (sulfide) groups is 1. The van der Waals surface area contributed by atoms with Crippen molar-refractivity contribution >= 4 is 29.3 Å². The Bertz CT molecular complexity index is 763. The summed E-state index contributed by atoms with van der Waals surface area (Å²) in [5, 5.41) is 1.95. The molecule has 0 aliphatic heterocycles. The number of hydrogen-bond donors (Lipinski definition) is 1. The SMILES string of the molecule is O=C(NC1CC1)C(Sc1ccc(Cl)c(C(F)(F)F)c1)c1ccccc1. The average Bonchev–Trinajstić information content (AvgIpc) is 3.37. The highest BCUT2D eigenvalue weighted by atomic mass is 35.5. The van der Waals surface area contributed by atoms with E-state index in [2.05, 4.69) is 5.32 Å². The van der Waals surface area contributed by atoms with E-state index >= 15 is 0 Å². The van der Waals surface area contributed by atoms with E-state index in [0.29, 0.717) is 4.90 Å². The van der Waals surface area contributed by atoms with Gasteiger partial charge in [-0.3, -0.25) is 4.79 Å². The molecule has 0 heterocycles. The van der Waals surface area contributed by atoms with Crippen LogP contribution < -0.4 is 5.32 Å². The number of carbonyl (C=O) groups excluding carboxylic acids is 1. The highest BCUT2D eigenvalue weighted by molar-refractivity contribution is 8.00. The van der Waals surface area contributed by atoms with Crippen molar-refractivity contribution in [3.63, 3.8) is 0 Å². The van der Waals surface area contributed by atoms with Crippen LogP contribution in [0.15, 0.2) is 53.4 Å². The first-order valence-electron chi connectivity index (χ1n) is 7.73. The number of rotatable bonds is 5. The van der Waals surface area contributed by atoms with Gasteiger partial charge in [-0.15, -0.1) is 11.8 Å². The second kappa shape index (κ2) is 7.30. The molecular formula is C18H15ClF3NOS. The predicted octanol–water partition coefficient (Wildman–Crippen LogP) is 5.47. The molecule has 1 fully saturated rings. The maximum atomic E-state index is 13.1. The lowest BCUT2D eigenvalue weighted by molar-refractivity contribution is -0.137. The van der Waals surface area contributed by atoms with Crippen LogP contribution in [0.4, 0.5) is 13.2 Å². The third kappa shape index (κ3) is 4.70. The summed E-state index contributed by atoms with van der Waals surface area (Å²) in [5.41, 5.74) is -0.150. The Labute approximate surface area is 152 Å². The molecule has 0 radical (unpaired) electrons. The van der Waals surface area contributed by atoms with Gasteiger partial charge in [0.15, 0.2) is 0 Å². The Morgan fingerprint density at radius 3 is 2.44 bits per heavy atom. The van der Waals surface area contributed by atoms with Crippen LogP contribution in [-0.2, 0) is 11.0 Å². The fourth-order valence-corrected chi connectivity index (χ4v) is 3.63. The Kier molecular flexibility index (Phi) is 5.29. The second-order valence-corrected chi connectivity index (χ2v) is 7.42. The smallest absolute Gasteiger partial charge is 0.352 e. The zero-order valence-corrected chi connectivity index (χ0v) is 14.6. The van der Waals surface area contributed by atoms with Gasteiger partial charge < -0.3 is 5.32 Å². The van der Waals surface area contributed by atoms with Gasteiger partial charge in [0.1, 0.15) is 5.25 Å². The normalized spacial score (nSPS) is 15.7. The van der Waals surface area contributed by atoms with Gasteiger partial charge in [-0.1, -0.05) is 41.9 Å². The Hall–Kier alpha value is -1.66. The second-order valence-electron chi connectivity index (χ2n) is 5.83. The lowest BCUT2D eigenvalue weighted by atomic mass is 10.1. The molecule has 1 atom stereocenters. The number of amides is 1. The molecular weight excluding hydrogens is 371 g/mol. The van der Waals surface area contributed by atoms with Crippen molar-refractivity contribution in [3.05, 3.63) is 64.7 Å². The monoisotopic (exact) mass is 385 g/mol. The van der Waals surface area contributed by atoms with Crippen molar-refractivity contribution in [3.8, 4) is 0 Å². The Balaban J connectivity index is 1.88. The molecule has 132 valence electrons. The molecule has 1 unspecified atom stereocenters. The van der Waals surface area contributed by atoms with Crippen LogP contribution >= 0.6 is 23.4 Å². The van der Waals surface area contributed by atoms with Crippen LogP contribution in [0.3, 0.4) is 0 Å². The summed E-state index contributed by atoms with van der Waals surface area (Å²) in [4.78, 5) is 12.9. The first-order chi connectivity index (χ1) is 11.8. The summed E-state index contributed by atoms with van der Waals surface area (Å²) >= 11 is 6.75. The van der Waals surface area contributed by atoms with Crippen LogP contribution in [0.25, 0.3) is 0 Å². The van der Waals surface area contributed by atoms with Crippen LogP contribution in [0, 0.1) is 0 Å². The minimum Gasteiger partial charge on any atom is -0.352 e. The molecule has 2 nitrogen and oxygen atoms in total. The molecule has 0 saturated heterocycles. The topological polar surface area (TPSA) is 29.1 Å². The lowest BCUT2D eigenvalue weighted by Crippen LogP contribution is -2.29. The molecule has 0 spiro atoms. The van der Waals surface area contributed by atoms with Crippen molar-refractivity contribution < 1.29 is 18.0 Å². The first kappa shape index (κ1) is 18.1. The van der Waals surface area contributed by atoms with E-state index in [4.69, 9.17) is 11.6 Å². The van der Waals surface area contributed by atoms with E-state index in [9.17, 15) is 18.0 Å². The van der Waals surface area contributed by atoms with Crippen molar-refractivity contribution in [1.29, 1.82) is 0 Å². The van der Waals surface area contributed by atoms with Crippen molar-refractivity contribution in [2.75, 3.05) is 0 Å². The molecule has 2 aromatic rings. The van der Waals surface area contributed by atoms with Crippen LogP contribution in [-0.4, -0.2) is 11.9 Å². The third-order valence-electron chi connectivity index (χ3n) is 3.76. The van der Waals surface area contributed by atoms with E-state index in [1.165, 1.54) is 12.1 Å². The molecule has 2 aromatic carbocycles. The summed E-state index contributed by atoms with van der Waals surface area (Å²) in [6.07, 6.45) is -2.65. The van der Waals surface area contributed by atoms with E-state index in [-0.39, 0.29) is 17.0 Å². The molecule has 25 heavy (non-hydrogen) atoms. The van der Waals surface area contributed by atoms with Crippen LogP contribution in [0.5, 0.6) is 0 Å². The molecule has 1 aliphatic carbocycles. The summed E-state index contributed by atoms with van der Waals surface area (Å²) in [6.45, 7) is 0. The summed E-state index contributed by atoms with van der Waals surface area (Å²) < 4.78 is 39.2. The standard InChI is InChI=1S/C18H15ClF3NOS/c19-15-9-8-13(10-14(15)18(20,21)22)25-16(11-4-2-1-3-5-11)17(24)23-12-6-7-12/h1-5,8-10,12,16H,6-7H2,(H,23,24). The zero-order chi connectivity index (χ0) is 18.0. The average molecular weight is 386 g/mol. The van der Waals surface area contributed by atoms with Crippen LogP contribution in [0.1, 0.15) is 29.2 Å². The van der Waals surface area contributed by atoms with Crippen molar-refractivity contribution in [2.45, 2.75) is 35.2 Å². The largest absolute Gasteiger partial charge is 0.417 e. The van der Waals surface area contributed by atoms with E-state index < -0.39 is 17.0 Å². The van der Waals surface area contributed by atoms with Gasteiger partial charge in [0.2, 0.25) is 5.91 Å². The number of benzene rings is 2. The number of nitrogens with one attached hydrogen (secondary N) is 1. The van der Waals surface area contributed by atoms with Gasteiger partial charge in [0.05, 0.1) is 10.6 Å². The lowest BCUT2D eigenvalue weighted by Gasteiger charge is -2.18. The maximum Gasteiger partial charge on any atom is 0.417 e.